The first-order valence-corrected chi connectivity index (χ1v) is 14.5. The fraction of sp³-hybridized carbons (Fsp3) is 0.667. The molecule has 6 rings (SSSR count). The molecule has 4 aliphatic heterocycles. The summed E-state index contributed by atoms with van der Waals surface area (Å²) in [5, 5.41) is 8.17. The quantitative estimate of drug-likeness (QED) is 0.478. The number of hydrogen-bond acceptors (Lipinski definition) is 8. The molecule has 35 heavy (non-hydrogen) atoms. The van der Waals surface area contributed by atoms with Crippen LogP contribution in [-0.4, -0.2) is 70.4 Å². The van der Waals surface area contributed by atoms with Crippen molar-refractivity contribution < 1.29 is 8.42 Å². The second kappa shape index (κ2) is 9.44. The molecule has 4 N–H and O–H groups in total. The zero-order valence-electron chi connectivity index (χ0n) is 20.3. The van der Waals surface area contributed by atoms with Gasteiger partial charge in [-0.05, 0) is 64.0 Å². The Labute approximate surface area is 207 Å². The van der Waals surface area contributed by atoms with Gasteiger partial charge in [0.15, 0.2) is 0 Å². The van der Waals surface area contributed by atoms with Crippen LogP contribution < -0.4 is 21.5 Å². The number of anilines is 2. The van der Waals surface area contributed by atoms with Crippen molar-refractivity contribution in [1.82, 2.24) is 29.4 Å². The molecule has 190 valence electrons. The molecule has 0 amide bonds. The van der Waals surface area contributed by atoms with E-state index in [0.29, 0.717) is 19.1 Å². The Hall–Kier alpha value is -2.05. The van der Waals surface area contributed by atoms with Gasteiger partial charge < -0.3 is 10.6 Å². The van der Waals surface area contributed by atoms with E-state index in [1.54, 1.807) is 10.5 Å². The fourth-order valence-electron chi connectivity index (χ4n) is 6.33. The van der Waals surface area contributed by atoms with Crippen molar-refractivity contribution in [3.63, 3.8) is 0 Å². The average molecular weight is 501 g/mol. The molecule has 4 fully saturated rings. The third-order valence-corrected chi connectivity index (χ3v) is 10.1. The molecule has 0 spiro atoms. The van der Waals surface area contributed by atoms with E-state index < -0.39 is 10.2 Å². The molecular weight excluding hydrogens is 464 g/mol. The topological polar surface area (TPSA) is 115 Å². The highest BCUT2D eigenvalue weighted by Crippen LogP contribution is 2.39. The van der Waals surface area contributed by atoms with Gasteiger partial charge in [0.25, 0.3) is 10.2 Å². The van der Waals surface area contributed by atoms with Gasteiger partial charge in [0, 0.05) is 54.9 Å². The number of pyridine rings is 2. The molecule has 0 saturated carbocycles. The van der Waals surface area contributed by atoms with Gasteiger partial charge in [-0.2, -0.15) is 17.0 Å². The van der Waals surface area contributed by atoms with Crippen molar-refractivity contribution in [3.05, 3.63) is 24.4 Å². The van der Waals surface area contributed by atoms with Crippen LogP contribution in [0.5, 0.6) is 0 Å². The average Bonchev–Trinajstić information content (AvgIpc) is 3.51. The molecule has 2 aromatic rings. The van der Waals surface area contributed by atoms with Crippen LogP contribution in [0.1, 0.15) is 58.3 Å². The van der Waals surface area contributed by atoms with Crippen molar-refractivity contribution in [1.29, 1.82) is 0 Å². The largest absolute Gasteiger partial charge is 0.367 e. The van der Waals surface area contributed by atoms with Crippen molar-refractivity contribution >= 4 is 32.7 Å². The summed E-state index contributed by atoms with van der Waals surface area (Å²) in [6.07, 6.45) is 9.35. The highest BCUT2D eigenvalue weighted by Gasteiger charge is 2.47. The van der Waals surface area contributed by atoms with E-state index in [1.807, 2.05) is 22.5 Å². The first kappa shape index (κ1) is 23.4. The van der Waals surface area contributed by atoms with E-state index >= 15 is 0 Å². The Morgan fingerprint density at radius 2 is 1.80 bits per heavy atom. The lowest BCUT2D eigenvalue weighted by Gasteiger charge is -2.48. The Bertz CT molecular complexity index is 1160. The van der Waals surface area contributed by atoms with Gasteiger partial charge in [0.1, 0.15) is 11.6 Å². The number of hydrazine groups is 1. The molecule has 0 aromatic carbocycles. The van der Waals surface area contributed by atoms with E-state index in [1.165, 1.54) is 0 Å². The van der Waals surface area contributed by atoms with Crippen LogP contribution in [0.25, 0.3) is 10.9 Å². The second-order valence-corrected chi connectivity index (χ2v) is 12.4. The maximum Gasteiger partial charge on any atom is 0.282 e. The first-order chi connectivity index (χ1) is 17.0. The summed E-state index contributed by atoms with van der Waals surface area (Å²) in [4.78, 5) is 9.52. The van der Waals surface area contributed by atoms with Crippen LogP contribution in [0.3, 0.4) is 0 Å². The molecule has 2 aromatic heterocycles. The Kier molecular flexibility index (Phi) is 6.30. The summed E-state index contributed by atoms with van der Waals surface area (Å²) in [6, 6.07) is 6.64. The lowest BCUT2D eigenvalue weighted by atomic mass is 9.84. The van der Waals surface area contributed by atoms with Gasteiger partial charge in [-0.3, -0.25) is 10.4 Å². The molecule has 3 unspecified atom stereocenters. The fourth-order valence-corrected chi connectivity index (χ4v) is 8.45. The molecule has 10 nitrogen and oxygen atoms in total. The lowest BCUT2D eigenvalue weighted by molar-refractivity contribution is 0.108. The Morgan fingerprint density at radius 3 is 2.51 bits per heavy atom. The number of fused-ring (bicyclic) bond motifs is 3. The standard InChI is InChI=1S/C24H36N8O2S/c1-16-12-23(30-29-16)27-22-15-21-20(8-5-9-25-21)24(28-22)26-17-13-18-6-4-7-19(14-17)32(18)35(33,34)31-10-2-3-11-31/h5,8-9,15-19,23,29-30H,2-4,6-7,10-14H2,1H3,(H2,26,27,28)/t16?,17?,18-,19+,23?. The highest BCUT2D eigenvalue weighted by molar-refractivity contribution is 7.86. The summed E-state index contributed by atoms with van der Waals surface area (Å²) < 4.78 is 30.5. The number of nitrogens with zero attached hydrogens (tertiary/aromatic N) is 4. The predicted octanol–water partition coefficient (Wildman–Crippen LogP) is 2.39. The third kappa shape index (κ3) is 4.60. The normalized spacial score (nSPS) is 32.2. The molecule has 2 bridgehead atoms. The van der Waals surface area contributed by atoms with Crippen LogP contribution in [-0.2, 0) is 10.2 Å². The molecular formula is C24H36N8O2S. The van der Waals surface area contributed by atoms with Crippen molar-refractivity contribution in [2.75, 3.05) is 23.7 Å². The number of piperidine rings is 2. The Balaban J connectivity index is 1.23. The van der Waals surface area contributed by atoms with Gasteiger partial charge in [-0.15, -0.1) is 0 Å². The number of aromatic nitrogens is 2. The molecule has 5 atom stereocenters. The summed E-state index contributed by atoms with van der Waals surface area (Å²) >= 11 is 0. The minimum absolute atomic E-state index is 0.0477. The van der Waals surface area contributed by atoms with Gasteiger partial charge in [0.2, 0.25) is 0 Å². The van der Waals surface area contributed by atoms with Gasteiger partial charge >= 0.3 is 0 Å². The number of nitrogens with one attached hydrogen (secondary N) is 4. The highest BCUT2D eigenvalue weighted by atomic mass is 32.2. The van der Waals surface area contributed by atoms with Crippen LogP contribution in [0.15, 0.2) is 24.4 Å². The SMILES string of the molecule is CC1CC(Nc2cc3ncccc3c(NC3C[C@H]4CCC[C@@H](C3)N4S(=O)(=O)N3CCCC3)n2)NN1. The Morgan fingerprint density at radius 1 is 1.03 bits per heavy atom. The summed E-state index contributed by atoms with van der Waals surface area (Å²) in [7, 11) is -3.39. The number of rotatable bonds is 6. The van der Waals surface area contributed by atoms with E-state index in [9.17, 15) is 8.42 Å². The van der Waals surface area contributed by atoms with Gasteiger partial charge in [-0.25, -0.2) is 10.4 Å². The minimum atomic E-state index is -3.39. The maximum atomic E-state index is 13.5. The molecule has 0 aliphatic carbocycles. The number of hydrogen-bond donors (Lipinski definition) is 4. The first-order valence-electron chi connectivity index (χ1n) is 13.1. The molecule has 11 heteroatoms. The van der Waals surface area contributed by atoms with Crippen molar-refractivity contribution in [2.45, 2.75) is 88.6 Å². The van der Waals surface area contributed by atoms with Gasteiger partial charge in [0.05, 0.1) is 11.7 Å². The van der Waals surface area contributed by atoms with E-state index in [0.717, 1.165) is 73.9 Å². The molecule has 0 radical (unpaired) electrons. The lowest BCUT2D eigenvalue weighted by Crippen LogP contribution is -2.59. The maximum absolute atomic E-state index is 13.5. The zero-order valence-corrected chi connectivity index (χ0v) is 21.1. The minimum Gasteiger partial charge on any atom is -0.367 e. The van der Waals surface area contributed by atoms with Crippen LogP contribution in [0.2, 0.25) is 0 Å². The van der Waals surface area contributed by atoms with E-state index in [4.69, 9.17) is 4.98 Å². The van der Waals surface area contributed by atoms with E-state index in [-0.39, 0.29) is 24.3 Å². The van der Waals surface area contributed by atoms with Crippen molar-refractivity contribution in [3.8, 4) is 0 Å². The third-order valence-electron chi connectivity index (χ3n) is 7.92. The van der Waals surface area contributed by atoms with Gasteiger partial charge in [-0.1, -0.05) is 6.42 Å². The molecule has 6 heterocycles. The predicted molar refractivity (Wildman–Crippen MR) is 137 cm³/mol. The van der Waals surface area contributed by atoms with Crippen molar-refractivity contribution in [2.24, 2.45) is 0 Å². The molecule has 4 aliphatic rings. The van der Waals surface area contributed by atoms with Crippen LogP contribution in [0, 0.1) is 0 Å². The molecule has 4 saturated heterocycles. The second-order valence-electron chi connectivity index (χ2n) is 10.5. The van der Waals surface area contributed by atoms with Crippen LogP contribution >= 0.6 is 0 Å². The van der Waals surface area contributed by atoms with Crippen LogP contribution in [0.4, 0.5) is 11.6 Å². The smallest absolute Gasteiger partial charge is 0.282 e. The summed E-state index contributed by atoms with van der Waals surface area (Å²) in [5.41, 5.74) is 7.39. The van der Waals surface area contributed by atoms with E-state index in [2.05, 4.69) is 33.4 Å². The monoisotopic (exact) mass is 500 g/mol. The zero-order chi connectivity index (χ0) is 24.0. The summed E-state index contributed by atoms with van der Waals surface area (Å²) in [5.74, 6) is 1.59. The summed E-state index contributed by atoms with van der Waals surface area (Å²) in [6.45, 7) is 3.46.